The van der Waals surface area contributed by atoms with Crippen LogP contribution in [-0.2, 0) is 5.41 Å². The van der Waals surface area contributed by atoms with Crippen molar-refractivity contribution in [3.63, 3.8) is 0 Å². The van der Waals surface area contributed by atoms with Crippen molar-refractivity contribution in [1.29, 1.82) is 0 Å². The second-order valence-electron chi connectivity index (χ2n) is 6.64. The van der Waals surface area contributed by atoms with Gasteiger partial charge in [-0.1, -0.05) is 0 Å². The van der Waals surface area contributed by atoms with Gasteiger partial charge in [-0.15, -0.1) is 0 Å². The molecule has 3 nitrogen and oxygen atoms in total. The van der Waals surface area contributed by atoms with E-state index in [-0.39, 0.29) is 5.41 Å². The van der Waals surface area contributed by atoms with Crippen LogP contribution >= 0.6 is 11.6 Å². The van der Waals surface area contributed by atoms with Crippen molar-refractivity contribution in [1.82, 2.24) is 9.97 Å². The van der Waals surface area contributed by atoms with Crippen molar-refractivity contribution in [3.05, 3.63) is 17.0 Å². The van der Waals surface area contributed by atoms with Crippen LogP contribution in [0.15, 0.2) is 6.07 Å². The van der Waals surface area contributed by atoms with Crippen LogP contribution in [-0.4, -0.2) is 9.97 Å². The monoisotopic (exact) mass is 263 g/mol. The largest absolute Gasteiger partial charge is 0.384 e. The van der Waals surface area contributed by atoms with Crippen LogP contribution in [0, 0.1) is 17.8 Å². The summed E-state index contributed by atoms with van der Waals surface area (Å²) in [6, 6.07) is 1.96. The van der Waals surface area contributed by atoms with E-state index in [0.717, 1.165) is 23.4 Å². The number of nitrogen functional groups attached to an aromatic ring is 1. The van der Waals surface area contributed by atoms with E-state index >= 15 is 0 Å². The van der Waals surface area contributed by atoms with Gasteiger partial charge in [-0.2, -0.15) is 0 Å². The summed E-state index contributed by atoms with van der Waals surface area (Å²) in [6.45, 7) is 0. The topological polar surface area (TPSA) is 51.8 Å². The Morgan fingerprint density at radius 2 is 1.61 bits per heavy atom. The molecule has 96 valence electrons. The summed E-state index contributed by atoms with van der Waals surface area (Å²) in [7, 11) is 0. The Balaban J connectivity index is 1.79. The Bertz CT molecular complexity index is 444. The van der Waals surface area contributed by atoms with Gasteiger partial charge in [0, 0.05) is 11.5 Å². The minimum atomic E-state index is 0.259. The molecule has 4 heteroatoms. The quantitative estimate of drug-likeness (QED) is 0.792. The number of aromatic nitrogens is 2. The van der Waals surface area contributed by atoms with E-state index < -0.39 is 0 Å². The molecule has 4 fully saturated rings. The molecule has 0 amide bonds. The smallest absolute Gasteiger partial charge is 0.224 e. The van der Waals surface area contributed by atoms with Crippen LogP contribution < -0.4 is 5.73 Å². The molecule has 4 bridgehead atoms. The molecule has 0 aliphatic heterocycles. The Kier molecular flexibility index (Phi) is 2.20. The number of halogens is 1. The summed E-state index contributed by atoms with van der Waals surface area (Å²) in [6.07, 6.45) is 8.16. The van der Waals surface area contributed by atoms with Crippen molar-refractivity contribution in [3.8, 4) is 0 Å². The van der Waals surface area contributed by atoms with Gasteiger partial charge in [0.1, 0.15) is 5.82 Å². The molecular weight excluding hydrogens is 246 g/mol. The van der Waals surface area contributed by atoms with Crippen LogP contribution in [0.1, 0.15) is 44.2 Å². The third kappa shape index (κ3) is 1.56. The van der Waals surface area contributed by atoms with Crippen molar-refractivity contribution in [2.75, 3.05) is 5.73 Å². The molecule has 0 saturated heterocycles. The molecule has 1 aromatic rings. The first-order chi connectivity index (χ1) is 8.63. The number of anilines is 1. The van der Waals surface area contributed by atoms with Gasteiger partial charge < -0.3 is 5.73 Å². The first-order valence-corrected chi connectivity index (χ1v) is 7.31. The number of hydrogen-bond acceptors (Lipinski definition) is 3. The second kappa shape index (κ2) is 3.60. The lowest BCUT2D eigenvalue weighted by molar-refractivity contribution is -0.00722. The Labute approximate surface area is 112 Å². The molecule has 4 aliphatic rings. The van der Waals surface area contributed by atoms with Gasteiger partial charge in [0.15, 0.2) is 0 Å². The summed E-state index contributed by atoms with van der Waals surface area (Å²) in [5.74, 6) is 3.24. The lowest BCUT2D eigenvalue weighted by Gasteiger charge is -2.56. The predicted octanol–water partition coefficient (Wildman–Crippen LogP) is 3.18. The van der Waals surface area contributed by atoms with E-state index in [1.54, 1.807) is 0 Å². The lowest BCUT2D eigenvalue weighted by Crippen LogP contribution is -2.49. The normalized spacial score (nSPS) is 41.3. The van der Waals surface area contributed by atoms with Crippen LogP contribution in [0.4, 0.5) is 5.82 Å². The zero-order valence-corrected chi connectivity index (χ0v) is 11.2. The third-order valence-electron chi connectivity index (χ3n) is 5.30. The van der Waals surface area contributed by atoms with Gasteiger partial charge in [-0.3, -0.25) is 0 Å². The number of hydrogen-bond donors (Lipinski definition) is 1. The molecule has 0 atom stereocenters. The van der Waals surface area contributed by atoms with Gasteiger partial charge in [0.25, 0.3) is 0 Å². The SMILES string of the molecule is Nc1cc(C23CC4CC(CC(C4)C2)C3)nc(Cl)n1. The van der Waals surface area contributed by atoms with Crippen LogP contribution in [0.3, 0.4) is 0 Å². The first kappa shape index (κ1) is 11.0. The Morgan fingerprint density at radius 3 is 2.11 bits per heavy atom. The van der Waals surface area contributed by atoms with Gasteiger partial charge in [-0.05, 0) is 67.9 Å². The van der Waals surface area contributed by atoms with E-state index in [0.29, 0.717) is 11.1 Å². The van der Waals surface area contributed by atoms with Gasteiger partial charge in [0.2, 0.25) is 5.28 Å². The molecular formula is C14H18ClN3. The van der Waals surface area contributed by atoms with Crippen molar-refractivity contribution < 1.29 is 0 Å². The van der Waals surface area contributed by atoms with Gasteiger partial charge >= 0.3 is 0 Å². The number of nitrogens with zero attached hydrogens (tertiary/aromatic N) is 2. The molecule has 0 unspecified atom stereocenters. The molecule has 2 N–H and O–H groups in total. The van der Waals surface area contributed by atoms with E-state index in [1.807, 2.05) is 6.07 Å². The fourth-order valence-corrected chi connectivity index (χ4v) is 5.32. The molecule has 0 radical (unpaired) electrons. The molecule has 1 aromatic heterocycles. The number of rotatable bonds is 1. The second-order valence-corrected chi connectivity index (χ2v) is 6.98. The minimum Gasteiger partial charge on any atom is -0.384 e. The molecule has 5 rings (SSSR count). The average molecular weight is 264 g/mol. The first-order valence-electron chi connectivity index (χ1n) is 6.93. The van der Waals surface area contributed by atoms with E-state index in [4.69, 9.17) is 17.3 Å². The lowest BCUT2D eigenvalue weighted by atomic mass is 9.49. The summed E-state index contributed by atoms with van der Waals surface area (Å²) >= 11 is 5.99. The summed E-state index contributed by atoms with van der Waals surface area (Å²) < 4.78 is 0. The van der Waals surface area contributed by atoms with E-state index in [2.05, 4.69) is 9.97 Å². The molecule has 0 aromatic carbocycles. The summed E-state index contributed by atoms with van der Waals surface area (Å²) in [4.78, 5) is 8.49. The van der Waals surface area contributed by atoms with Crippen molar-refractivity contribution in [2.24, 2.45) is 17.8 Å². The van der Waals surface area contributed by atoms with E-state index in [9.17, 15) is 0 Å². The molecule has 1 heterocycles. The molecule has 4 saturated carbocycles. The highest BCUT2D eigenvalue weighted by atomic mass is 35.5. The average Bonchev–Trinajstić information content (AvgIpc) is 2.25. The highest BCUT2D eigenvalue weighted by molar-refractivity contribution is 6.28. The Hall–Kier alpha value is -0.830. The summed E-state index contributed by atoms with van der Waals surface area (Å²) in [5.41, 5.74) is 7.21. The standard InChI is InChI=1S/C14H18ClN3/c15-13-17-11(4-12(16)18-13)14-5-8-1-9(6-14)3-10(2-8)7-14/h4,8-10H,1-3,5-7H2,(H2,16,17,18). The minimum absolute atomic E-state index is 0.259. The van der Waals surface area contributed by atoms with Crippen molar-refractivity contribution in [2.45, 2.75) is 43.9 Å². The molecule has 18 heavy (non-hydrogen) atoms. The van der Waals surface area contributed by atoms with Gasteiger partial charge in [0.05, 0.1) is 5.69 Å². The zero-order chi connectivity index (χ0) is 12.3. The van der Waals surface area contributed by atoms with Crippen LogP contribution in [0.25, 0.3) is 0 Å². The predicted molar refractivity (Wildman–Crippen MR) is 71.3 cm³/mol. The summed E-state index contributed by atoms with van der Waals surface area (Å²) in [5, 5.41) is 0.306. The highest BCUT2D eigenvalue weighted by Crippen LogP contribution is 2.60. The molecule has 0 spiro atoms. The van der Waals surface area contributed by atoms with Crippen LogP contribution in [0.2, 0.25) is 5.28 Å². The number of nitrogens with two attached hydrogens (primary N) is 1. The van der Waals surface area contributed by atoms with E-state index in [1.165, 1.54) is 38.5 Å². The molecule has 4 aliphatic carbocycles. The maximum atomic E-state index is 5.99. The fraction of sp³-hybridized carbons (Fsp3) is 0.714. The zero-order valence-electron chi connectivity index (χ0n) is 10.4. The van der Waals surface area contributed by atoms with Crippen molar-refractivity contribution >= 4 is 17.4 Å². The van der Waals surface area contributed by atoms with Gasteiger partial charge in [-0.25, -0.2) is 9.97 Å². The fourth-order valence-electron chi connectivity index (χ4n) is 5.13. The maximum Gasteiger partial charge on any atom is 0.224 e. The maximum absolute atomic E-state index is 5.99. The third-order valence-corrected chi connectivity index (χ3v) is 5.47. The Morgan fingerprint density at radius 1 is 1.06 bits per heavy atom. The van der Waals surface area contributed by atoms with Crippen LogP contribution in [0.5, 0.6) is 0 Å². The highest BCUT2D eigenvalue weighted by Gasteiger charge is 2.52.